The average molecular weight is 307 g/mol. The molecule has 5 heteroatoms. The zero-order valence-corrected chi connectivity index (χ0v) is 13.7. The Balaban J connectivity index is 1.75. The minimum absolute atomic E-state index is 0.0657. The molecule has 3 N–H and O–H groups in total. The number of rotatable bonds is 4. The monoisotopic (exact) mass is 307 g/mol. The van der Waals surface area contributed by atoms with Crippen LogP contribution < -0.4 is 11.1 Å². The molecule has 0 radical (unpaired) electrons. The molecule has 1 amide bonds. The number of benzene rings is 1. The SMILES string of the molecule is CC1(C)CCN(CCC(=O)Nc2ccc(N)cc2)CCS1. The maximum absolute atomic E-state index is 12.0. The number of anilines is 2. The van der Waals surface area contributed by atoms with E-state index in [2.05, 4.69) is 24.1 Å². The van der Waals surface area contributed by atoms with Crippen LogP contribution in [0.15, 0.2) is 24.3 Å². The summed E-state index contributed by atoms with van der Waals surface area (Å²) in [4.78, 5) is 14.4. The number of amides is 1. The molecule has 0 aromatic heterocycles. The van der Waals surface area contributed by atoms with Gasteiger partial charge in [-0.1, -0.05) is 13.8 Å². The highest BCUT2D eigenvalue weighted by atomic mass is 32.2. The standard InChI is InChI=1S/C16H25N3OS/c1-16(2)8-10-19(11-12-21-16)9-7-15(20)18-14-5-3-13(17)4-6-14/h3-6H,7-12,17H2,1-2H3,(H,18,20). The highest BCUT2D eigenvalue weighted by molar-refractivity contribution is 8.00. The van der Waals surface area contributed by atoms with Gasteiger partial charge in [0.15, 0.2) is 0 Å². The van der Waals surface area contributed by atoms with E-state index in [1.54, 1.807) is 12.1 Å². The molecule has 1 aliphatic rings. The van der Waals surface area contributed by atoms with E-state index in [1.165, 1.54) is 6.42 Å². The Morgan fingerprint density at radius 3 is 2.76 bits per heavy atom. The van der Waals surface area contributed by atoms with Crippen LogP contribution in [-0.2, 0) is 4.79 Å². The fraction of sp³-hybridized carbons (Fsp3) is 0.562. The quantitative estimate of drug-likeness (QED) is 0.840. The Labute approximate surface area is 131 Å². The summed E-state index contributed by atoms with van der Waals surface area (Å²) in [6, 6.07) is 7.25. The Kier molecular flexibility index (Phi) is 5.53. The molecule has 116 valence electrons. The summed E-state index contributed by atoms with van der Waals surface area (Å²) in [5.41, 5.74) is 7.14. The molecule has 1 aromatic rings. The number of carbonyl (C=O) groups excluding carboxylic acids is 1. The summed E-state index contributed by atoms with van der Waals surface area (Å²) in [6.45, 7) is 7.58. The first-order valence-corrected chi connectivity index (χ1v) is 8.45. The first-order chi connectivity index (χ1) is 9.94. The Morgan fingerprint density at radius 2 is 2.05 bits per heavy atom. The van der Waals surface area contributed by atoms with Gasteiger partial charge in [-0.2, -0.15) is 11.8 Å². The Morgan fingerprint density at radius 1 is 1.33 bits per heavy atom. The molecule has 1 heterocycles. The lowest BCUT2D eigenvalue weighted by Crippen LogP contribution is -2.30. The second-order valence-corrected chi connectivity index (χ2v) is 7.92. The van der Waals surface area contributed by atoms with Crippen molar-refractivity contribution in [1.29, 1.82) is 0 Å². The molecule has 0 saturated carbocycles. The van der Waals surface area contributed by atoms with Crippen LogP contribution in [0, 0.1) is 0 Å². The maximum atomic E-state index is 12.0. The topological polar surface area (TPSA) is 58.4 Å². The summed E-state index contributed by atoms with van der Waals surface area (Å²) in [6.07, 6.45) is 1.71. The van der Waals surface area contributed by atoms with Crippen LogP contribution in [0.4, 0.5) is 11.4 Å². The van der Waals surface area contributed by atoms with Gasteiger partial charge in [0.1, 0.15) is 0 Å². The number of carbonyl (C=O) groups is 1. The molecule has 1 aromatic carbocycles. The zero-order chi connectivity index (χ0) is 15.3. The van der Waals surface area contributed by atoms with Crippen molar-refractivity contribution >= 4 is 29.0 Å². The average Bonchev–Trinajstić information content (AvgIpc) is 2.60. The van der Waals surface area contributed by atoms with Crippen molar-refractivity contribution in [3.63, 3.8) is 0 Å². The summed E-state index contributed by atoms with van der Waals surface area (Å²) < 4.78 is 0.362. The molecule has 0 unspecified atom stereocenters. The third-order valence-electron chi connectivity index (χ3n) is 3.78. The minimum atomic E-state index is 0.0657. The van der Waals surface area contributed by atoms with Gasteiger partial charge < -0.3 is 16.0 Å². The van der Waals surface area contributed by atoms with E-state index in [-0.39, 0.29) is 5.91 Å². The van der Waals surface area contributed by atoms with Gasteiger partial charge in [-0.3, -0.25) is 4.79 Å². The van der Waals surface area contributed by atoms with Gasteiger partial charge in [-0.15, -0.1) is 0 Å². The van der Waals surface area contributed by atoms with Crippen molar-refractivity contribution in [3.8, 4) is 0 Å². The Hall–Kier alpha value is -1.20. The van der Waals surface area contributed by atoms with Crippen LogP contribution in [0.25, 0.3) is 0 Å². The second-order valence-electron chi connectivity index (χ2n) is 6.12. The molecule has 4 nitrogen and oxygen atoms in total. The summed E-state index contributed by atoms with van der Waals surface area (Å²) >= 11 is 2.03. The van der Waals surface area contributed by atoms with Crippen molar-refractivity contribution in [2.75, 3.05) is 36.4 Å². The molecule has 0 aliphatic carbocycles. The van der Waals surface area contributed by atoms with Gasteiger partial charge >= 0.3 is 0 Å². The molecular weight excluding hydrogens is 282 g/mol. The van der Waals surface area contributed by atoms with Gasteiger partial charge in [0, 0.05) is 41.4 Å². The zero-order valence-electron chi connectivity index (χ0n) is 12.9. The fourth-order valence-electron chi connectivity index (χ4n) is 2.34. The summed E-state index contributed by atoms with van der Waals surface area (Å²) in [5.74, 6) is 1.21. The molecule has 1 fully saturated rings. The minimum Gasteiger partial charge on any atom is -0.399 e. The molecule has 1 saturated heterocycles. The predicted molar refractivity (Wildman–Crippen MR) is 91.7 cm³/mol. The van der Waals surface area contributed by atoms with Gasteiger partial charge in [0.25, 0.3) is 0 Å². The molecule has 0 bridgehead atoms. The lowest BCUT2D eigenvalue weighted by atomic mass is 10.1. The molecule has 0 spiro atoms. The number of nitrogen functional groups attached to an aromatic ring is 1. The highest BCUT2D eigenvalue weighted by Gasteiger charge is 2.23. The number of thioether (sulfide) groups is 1. The first kappa shape index (κ1) is 16.2. The van der Waals surface area contributed by atoms with Crippen LogP contribution in [0.5, 0.6) is 0 Å². The number of hydrogen-bond donors (Lipinski definition) is 2. The smallest absolute Gasteiger partial charge is 0.225 e. The van der Waals surface area contributed by atoms with E-state index < -0.39 is 0 Å². The van der Waals surface area contributed by atoms with E-state index >= 15 is 0 Å². The third-order valence-corrected chi connectivity index (χ3v) is 5.15. The predicted octanol–water partition coefficient (Wildman–Crippen LogP) is 2.81. The normalized spacial score (nSPS) is 19.0. The number of hydrogen-bond acceptors (Lipinski definition) is 4. The van der Waals surface area contributed by atoms with Crippen LogP contribution in [0.3, 0.4) is 0 Å². The second kappa shape index (κ2) is 7.18. The fourth-order valence-corrected chi connectivity index (χ4v) is 3.47. The highest BCUT2D eigenvalue weighted by Crippen LogP contribution is 2.30. The van der Waals surface area contributed by atoms with E-state index in [0.717, 1.165) is 31.1 Å². The summed E-state index contributed by atoms with van der Waals surface area (Å²) in [7, 11) is 0. The van der Waals surface area contributed by atoms with Crippen molar-refractivity contribution < 1.29 is 4.79 Å². The van der Waals surface area contributed by atoms with Crippen molar-refractivity contribution in [2.24, 2.45) is 0 Å². The van der Waals surface area contributed by atoms with Crippen LogP contribution in [0.2, 0.25) is 0 Å². The summed E-state index contributed by atoms with van der Waals surface area (Å²) in [5, 5.41) is 2.91. The van der Waals surface area contributed by atoms with Crippen LogP contribution in [0.1, 0.15) is 26.7 Å². The molecule has 21 heavy (non-hydrogen) atoms. The number of nitrogens with one attached hydrogen (secondary N) is 1. The van der Waals surface area contributed by atoms with Crippen molar-refractivity contribution in [3.05, 3.63) is 24.3 Å². The molecular formula is C16H25N3OS. The lowest BCUT2D eigenvalue weighted by molar-refractivity contribution is -0.116. The van der Waals surface area contributed by atoms with Crippen LogP contribution >= 0.6 is 11.8 Å². The molecule has 1 aliphatic heterocycles. The van der Waals surface area contributed by atoms with E-state index in [0.29, 0.717) is 16.9 Å². The lowest BCUT2D eigenvalue weighted by Gasteiger charge is -2.22. The molecule has 2 rings (SSSR count). The van der Waals surface area contributed by atoms with E-state index in [9.17, 15) is 4.79 Å². The molecule has 0 atom stereocenters. The van der Waals surface area contributed by atoms with Crippen LogP contribution in [-0.4, -0.2) is 40.9 Å². The van der Waals surface area contributed by atoms with Gasteiger partial charge in [0.2, 0.25) is 5.91 Å². The van der Waals surface area contributed by atoms with Gasteiger partial charge in [-0.25, -0.2) is 0 Å². The third kappa shape index (κ3) is 5.59. The van der Waals surface area contributed by atoms with Crippen molar-refractivity contribution in [2.45, 2.75) is 31.4 Å². The van der Waals surface area contributed by atoms with Gasteiger partial charge in [-0.05, 0) is 37.2 Å². The number of nitrogens with two attached hydrogens (primary N) is 1. The van der Waals surface area contributed by atoms with E-state index in [1.807, 2.05) is 23.9 Å². The largest absolute Gasteiger partial charge is 0.399 e. The Bertz CT molecular complexity index is 473. The van der Waals surface area contributed by atoms with Gasteiger partial charge in [0.05, 0.1) is 0 Å². The number of nitrogens with zero attached hydrogens (tertiary/aromatic N) is 1. The van der Waals surface area contributed by atoms with E-state index in [4.69, 9.17) is 5.73 Å². The first-order valence-electron chi connectivity index (χ1n) is 7.46. The maximum Gasteiger partial charge on any atom is 0.225 e. The van der Waals surface area contributed by atoms with Crippen molar-refractivity contribution in [1.82, 2.24) is 4.90 Å².